The number of nitrogens with zero attached hydrogens (tertiary/aromatic N) is 1. The quantitative estimate of drug-likeness (QED) is 0.751. The second-order valence-corrected chi connectivity index (χ2v) is 8.68. The summed E-state index contributed by atoms with van der Waals surface area (Å²) in [5, 5.41) is 12.8. The van der Waals surface area contributed by atoms with Gasteiger partial charge in [-0.25, -0.2) is 0 Å². The maximum atomic E-state index is 12.9. The molecule has 2 amide bonds. The molecular formula is C20H24N4O2S. The van der Waals surface area contributed by atoms with Crippen molar-refractivity contribution >= 4 is 33.2 Å². The van der Waals surface area contributed by atoms with Gasteiger partial charge in [0.1, 0.15) is 0 Å². The van der Waals surface area contributed by atoms with E-state index in [1.54, 1.807) is 11.3 Å². The van der Waals surface area contributed by atoms with Gasteiger partial charge in [0.15, 0.2) is 0 Å². The zero-order chi connectivity index (χ0) is 18.4. The lowest BCUT2D eigenvalue weighted by Gasteiger charge is -2.27. The highest BCUT2D eigenvalue weighted by Crippen LogP contribution is 2.30. The lowest BCUT2D eigenvalue weighted by Crippen LogP contribution is -2.46. The standard InChI is InChI=1S/C20H24N4O2S/c25-19(23-17-10-13-2-3-16(17)22-13)12-1-4-18-14(9-12)15(11-27-18)20(26)24-7-5-21-6-8-24/h1,4,9,11,13,16-17,21-22H,2-3,5-8,10H2,(H,23,25)/t13-,16+,17-/m1/s1. The average Bonchev–Trinajstić information content (AvgIpc) is 3.43. The van der Waals surface area contributed by atoms with E-state index >= 15 is 0 Å². The molecule has 3 saturated heterocycles. The van der Waals surface area contributed by atoms with E-state index in [1.165, 1.54) is 6.42 Å². The van der Waals surface area contributed by atoms with Crippen molar-refractivity contribution in [3.05, 3.63) is 34.7 Å². The summed E-state index contributed by atoms with van der Waals surface area (Å²) < 4.78 is 1.05. The Morgan fingerprint density at radius 1 is 1.19 bits per heavy atom. The number of hydrogen-bond acceptors (Lipinski definition) is 5. The second kappa shape index (κ2) is 6.89. The minimum atomic E-state index is -0.0389. The zero-order valence-corrected chi connectivity index (χ0v) is 16.0. The Labute approximate surface area is 162 Å². The van der Waals surface area contributed by atoms with Crippen LogP contribution in [0.25, 0.3) is 10.1 Å². The minimum Gasteiger partial charge on any atom is -0.348 e. The van der Waals surface area contributed by atoms with Crippen molar-refractivity contribution < 1.29 is 9.59 Å². The SMILES string of the molecule is O=C(N[C@@H]1C[C@H]2CC[C@@H]1N2)c1ccc2scc(C(=O)N3CCNCC3)c2c1. The van der Waals surface area contributed by atoms with Crippen molar-refractivity contribution in [3.8, 4) is 0 Å². The van der Waals surface area contributed by atoms with Gasteiger partial charge in [-0.15, -0.1) is 11.3 Å². The highest BCUT2D eigenvalue weighted by Gasteiger charge is 2.39. The number of carbonyl (C=O) groups is 2. The van der Waals surface area contributed by atoms with E-state index in [0.717, 1.165) is 49.1 Å². The minimum absolute atomic E-state index is 0.0389. The third-order valence-corrected chi connectivity index (χ3v) is 7.05. The molecule has 3 fully saturated rings. The van der Waals surface area contributed by atoms with Crippen molar-refractivity contribution in [2.24, 2.45) is 0 Å². The summed E-state index contributed by atoms with van der Waals surface area (Å²) in [5.74, 6) is 0.0284. The van der Waals surface area contributed by atoms with Crippen LogP contribution < -0.4 is 16.0 Å². The largest absolute Gasteiger partial charge is 0.348 e. The molecule has 6 nitrogen and oxygen atoms in total. The molecule has 0 saturated carbocycles. The Balaban J connectivity index is 1.37. The van der Waals surface area contributed by atoms with Crippen LogP contribution >= 0.6 is 11.3 Å². The van der Waals surface area contributed by atoms with Crippen molar-refractivity contribution in [1.82, 2.24) is 20.9 Å². The van der Waals surface area contributed by atoms with Crippen LogP contribution in [0.5, 0.6) is 0 Å². The van der Waals surface area contributed by atoms with Gasteiger partial charge < -0.3 is 20.9 Å². The fraction of sp³-hybridized carbons (Fsp3) is 0.500. The Hall–Kier alpha value is -1.96. The first-order valence-electron chi connectivity index (χ1n) is 9.77. The van der Waals surface area contributed by atoms with Crippen LogP contribution in [0.15, 0.2) is 23.6 Å². The van der Waals surface area contributed by atoms with E-state index in [0.29, 0.717) is 23.2 Å². The number of hydrogen-bond donors (Lipinski definition) is 3. The molecule has 3 aliphatic rings. The Kier molecular flexibility index (Phi) is 4.38. The van der Waals surface area contributed by atoms with E-state index in [9.17, 15) is 9.59 Å². The van der Waals surface area contributed by atoms with E-state index < -0.39 is 0 Å². The van der Waals surface area contributed by atoms with E-state index in [2.05, 4.69) is 16.0 Å². The molecule has 0 spiro atoms. The summed E-state index contributed by atoms with van der Waals surface area (Å²) in [6, 6.07) is 6.90. The fourth-order valence-corrected chi connectivity index (χ4v) is 5.52. The van der Waals surface area contributed by atoms with Crippen LogP contribution in [0.2, 0.25) is 0 Å². The Morgan fingerprint density at radius 2 is 2.04 bits per heavy atom. The van der Waals surface area contributed by atoms with Crippen LogP contribution in [-0.4, -0.2) is 61.0 Å². The third-order valence-electron chi connectivity index (χ3n) is 6.09. The van der Waals surface area contributed by atoms with Gasteiger partial charge in [0.25, 0.3) is 11.8 Å². The van der Waals surface area contributed by atoms with Gasteiger partial charge in [0, 0.05) is 65.3 Å². The van der Waals surface area contributed by atoms with Gasteiger partial charge in [0.05, 0.1) is 5.56 Å². The first-order chi connectivity index (χ1) is 13.2. The fourth-order valence-electron chi connectivity index (χ4n) is 4.61. The molecule has 5 rings (SSSR count). The summed E-state index contributed by atoms with van der Waals surface area (Å²) >= 11 is 1.56. The van der Waals surface area contributed by atoms with E-state index in [-0.39, 0.29) is 17.9 Å². The van der Waals surface area contributed by atoms with Crippen LogP contribution in [0, 0.1) is 0 Å². The summed E-state index contributed by atoms with van der Waals surface area (Å²) in [7, 11) is 0. The Morgan fingerprint density at radius 3 is 2.78 bits per heavy atom. The number of carbonyl (C=O) groups excluding carboxylic acids is 2. The first-order valence-corrected chi connectivity index (χ1v) is 10.6. The van der Waals surface area contributed by atoms with Crippen LogP contribution in [-0.2, 0) is 0 Å². The smallest absolute Gasteiger partial charge is 0.255 e. The lowest BCUT2D eigenvalue weighted by atomic mass is 9.95. The van der Waals surface area contributed by atoms with Crippen LogP contribution in [0.4, 0.5) is 0 Å². The summed E-state index contributed by atoms with van der Waals surface area (Å²) in [6.07, 6.45) is 3.38. The molecule has 3 N–H and O–H groups in total. The van der Waals surface area contributed by atoms with Crippen molar-refractivity contribution in [1.29, 1.82) is 0 Å². The number of rotatable bonds is 3. The highest BCUT2D eigenvalue weighted by molar-refractivity contribution is 7.17. The Bertz CT molecular complexity index is 889. The maximum Gasteiger partial charge on any atom is 0.255 e. The van der Waals surface area contributed by atoms with Crippen LogP contribution in [0.1, 0.15) is 40.0 Å². The van der Waals surface area contributed by atoms with Gasteiger partial charge >= 0.3 is 0 Å². The van der Waals surface area contributed by atoms with Crippen LogP contribution in [0.3, 0.4) is 0 Å². The molecule has 1 aromatic carbocycles. The molecule has 4 heterocycles. The third kappa shape index (κ3) is 3.13. The number of thiophene rings is 1. The maximum absolute atomic E-state index is 12.9. The molecule has 7 heteroatoms. The molecule has 0 unspecified atom stereocenters. The molecule has 0 aliphatic carbocycles. The van der Waals surface area contributed by atoms with Gasteiger partial charge in [-0.3, -0.25) is 9.59 Å². The van der Waals surface area contributed by atoms with Gasteiger partial charge in [-0.2, -0.15) is 0 Å². The van der Waals surface area contributed by atoms with E-state index in [4.69, 9.17) is 0 Å². The number of fused-ring (bicyclic) bond motifs is 3. The van der Waals surface area contributed by atoms with Crippen molar-refractivity contribution in [2.45, 2.75) is 37.4 Å². The molecular weight excluding hydrogens is 360 g/mol. The summed E-state index contributed by atoms with van der Waals surface area (Å²) in [4.78, 5) is 27.6. The molecule has 2 aromatic rings. The van der Waals surface area contributed by atoms with E-state index in [1.807, 2.05) is 28.5 Å². The molecule has 1 aromatic heterocycles. The number of nitrogens with one attached hydrogen (secondary N) is 3. The predicted octanol–water partition coefficient (Wildman–Crippen LogP) is 1.57. The molecule has 142 valence electrons. The lowest BCUT2D eigenvalue weighted by molar-refractivity contribution is 0.0738. The molecule has 3 aliphatic heterocycles. The monoisotopic (exact) mass is 384 g/mol. The normalized spacial score (nSPS) is 27.3. The summed E-state index contributed by atoms with van der Waals surface area (Å²) in [5.41, 5.74) is 1.35. The molecule has 0 radical (unpaired) electrons. The molecule has 2 bridgehead atoms. The number of piperazine rings is 1. The van der Waals surface area contributed by atoms with Gasteiger partial charge in [-0.05, 0) is 37.5 Å². The second-order valence-electron chi connectivity index (χ2n) is 7.77. The highest BCUT2D eigenvalue weighted by atomic mass is 32.1. The first kappa shape index (κ1) is 17.2. The average molecular weight is 385 g/mol. The molecule has 27 heavy (non-hydrogen) atoms. The predicted molar refractivity (Wildman–Crippen MR) is 106 cm³/mol. The molecule has 3 atom stereocenters. The van der Waals surface area contributed by atoms with Crippen molar-refractivity contribution in [3.63, 3.8) is 0 Å². The van der Waals surface area contributed by atoms with Crippen molar-refractivity contribution in [2.75, 3.05) is 26.2 Å². The number of benzene rings is 1. The van der Waals surface area contributed by atoms with Gasteiger partial charge in [-0.1, -0.05) is 0 Å². The summed E-state index contributed by atoms with van der Waals surface area (Å²) in [6.45, 7) is 3.12. The zero-order valence-electron chi connectivity index (χ0n) is 15.2. The topological polar surface area (TPSA) is 73.5 Å². The number of amides is 2. The van der Waals surface area contributed by atoms with Gasteiger partial charge in [0.2, 0.25) is 0 Å².